The largest absolute Gasteiger partial charge is 0.480 e. The van der Waals surface area contributed by atoms with Crippen LogP contribution >= 0.6 is 0 Å². The molecule has 1 aliphatic rings. The summed E-state index contributed by atoms with van der Waals surface area (Å²) in [4.78, 5) is 47.5. The zero-order chi connectivity index (χ0) is 24.2. The summed E-state index contributed by atoms with van der Waals surface area (Å²) in [7, 11) is 0. The molecule has 11 heteroatoms. The second kappa shape index (κ2) is 13.2. The summed E-state index contributed by atoms with van der Waals surface area (Å²) in [6, 6.07) is 5.02. The predicted octanol–water partition coefficient (Wildman–Crippen LogP) is 0.180. The van der Waals surface area contributed by atoms with Gasteiger partial charge in [-0.3, -0.25) is 19.7 Å². The number of rotatable bonds is 12. The van der Waals surface area contributed by atoms with Crippen molar-refractivity contribution in [2.45, 2.75) is 51.1 Å². The molecule has 2 unspecified atom stereocenters. The van der Waals surface area contributed by atoms with Crippen LogP contribution in [0.15, 0.2) is 36.2 Å². The first-order valence-corrected chi connectivity index (χ1v) is 10.8. The van der Waals surface area contributed by atoms with Crippen LogP contribution < -0.4 is 27.0 Å². The van der Waals surface area contributed by atoms with Crippen LogP contribution in [0, 0.1) is 0 Å². The third-order valence-corrected chi connectivity index (χ3v) is 4.84. The van der Waals surface area contributed by atoms with E-state index in [-0.39, 0.29) is 44.4 Å². The first kappa shape index (κ1) is 25.8. The second-order valence-corrected chi connectivity index (χ2v) is 7.59. The number of allylic oxidation sites excluding steroid dienone is 1. The van der Waals surface area contributed by atoms with Gasteiger partial charge in [0.15, 0.2) is 0 Å². The highest BCUT2D eigenvalue weighted by molar-refractivity contribution is 5.91. The van der Waals surface area contributed by atoms with Crippen molar-refractivity contribution in [2.75, 3.05) is 18.7 Å². The minimum absolute atomic E-state index is 0.0909. The van der Waals surface area contributed by atoms with Crippen LogP contribution in [0.1, 0.15) is 38.2 Å². The number of benzene rings is 1. The summed E-state index contributed by atoms with van der Waals surface area (Å²) in [5.41, 5.74) is 6.85. The molecule has 180 valence electrons. The van der Waals surface area contributed by atoms with E-state index in [2.05, 4.69) is 21.3 Å². The van der Waals surface area contributed by atoms with Crippen molar-refractivity contribution in [1.82, 2.24) is 16.0 Å². The summed E-state index contributed by atoms with van der Waals surface area (Å²) in [5.74, 6) is -1.75. The second-order valence-electron chi connectivity index (χ2n) is 7.59. The van der Waals surface area contributed by atoms with Crippen molar-refractivity contribution in [1.29, 1.82) is 0 Å². The number of ether oxygens (including phenoxy) is 1. The van der Waals surface area contributed by atoms with E-state index < -0.39 is 24.0 Å². The van der Waals surface area contributed by atoms with Gasteiger partial charge in [-0.15, -0.1) is 0 Å². The summed E-state index contributed by atoms with van der Waals surface area (Å²) in [5, 5.41) is 20.1. The molecule has 2 rings (SSSR count). The number of nitrogens with one attached hydrogen (secondary N) is 4. The SMILES string of the molecule is CC/C=C(/N)NC(=O)CCCC(=O)Nc1ccc(CC(NC(=O)C2COCN2)C(=O)O)cc1. The lowest BCUT2D eigenvalue weighted by molar-refractivity contribution is -0.142. The lowest BCUT2D eigenvalue weighted by atomic mass is 10.0. The molecular weight excluding hydrogens is 430 g/mol. The highest BCUT2D eigenvalue weighted by atomic mass is 16.5. The first-order chi connectivity index (χ1) is 15.8. The van der Waals surface area contributed by atoms with E-state index >= 15 is 0 Å². The Morgan fingerprint density at radius 3 is 2.52 bits per heavy atom. The van der Waals surface area contributed by atoms with Gasteiger partial charge < -0.3 is 31.5 Å². The number of hydrogen-bond acceptors (Lipinski definition) is 7. The number of carboxylic acid groups (broad SMARTS) is 1. The van der Waals surface area contributed by atoms with Gasteiger partial charge >= 0.3 is 5.97 Å². The lowest BCUT2D eigenvalue weighted by Crippen LogP contribution is -2.50. The molecule has 1 aromatic rings. The zero-order valence-electron chi connectivity index (χ0n) is 18.6. The fourth-order valence-corrected chi connectivity index (χ4v) is 3.12. The smallest absolute Gasteiger partial charge is 0.326 e. The van der Waals surface area contributed by atoms with E-state index in [1.54, 1.807) is 30.3 Å². The van der Waals surface area contributed by atoms with Crippen LogP contribution in [-0.2, 0) is 30.3 Å². The number of aliphatic carboxylic acids is 1. The van der Waals surface area contributed by atoms with E-state index in [1.807, 2.05) is 6.92 Å². The van der Waals surface area contributed by atoms with Gasteiger partial charge in [0.1, 0.15) is 12.1 Å². The number of nitrogens with two attached hydrogens (primary N) is 1. The fourth-order valence-electron chi connectivity index (χ4n) is 3.12. The molecule has 3 amide bonds. The Bertz CT molecular complexity index is 865. The van der Waals surface area contributed by atoms with Gasteiger partial charge in [0.05, 0.1) is 19.2 Å². The van der Waals surface area contributed by atoms with Gasteiger partial charge in [-0.1, -0.05) is 19.1 Å². The molecule has 0 radical (unpaired) electrons. The quantitative estimate of drug-likeness (QED) is 0.256. The van der Waals surface area contributed by atoms with E-state index in [1.165, 1.54) is 0 Å². The number of amides is 3. The van der Waals surface area contributed by atoms with Crippen molar-refractivity contribution < 1.29 is 29.0 Å². The van der Waals surface area contributed by atoms with Gasteiger partial charge in [0, 0.05) is 24.9 Å². The molecule has 7 N–H and O–H groups in total. The van der Waals surface area contributed by atoms with Gasteiger partial charge in [0.25, 0.3) is 0 Å². The molecule has 2 atom stereocenters. The normalized spacial score (nSPS) is 16.6. The maximum atomic E-state index is 12.1. The maximum Gasteiger partial charge on any atom is 0.326 e. The van der Waals surface area contributed by atoms with E-state index in [4.69, 9.17) is 10.5 Å². The van der Waals surface area contributed by atoms with Crippen LogP contribution in [0.2, 0.25) is 0 Å². The van der Waals surface area contributed by atoms with E-state index in [0.717, 1.165) is 0 Å². The Morgan fingerprint density at radius 1 is 1.21 bits per heavy atom. The van der Waals surface area contributed by atoms with Crippen molar-refractivity contribution in [3.63, 3.8) is 0 Å². The minimum Gasteiger partial charge on any atom is -0.480 e. The molecule has 1 fully saturated rings. The number of carboxylic acids is 1. The molecule has 0 bridgehead atoms. The van der Waals surface area contributed by atoms with Crippen LogP contribution in [0.25, 0.3) is 0 Å². The molecule has 1 aromatic carbocycles. The number of carbonyl (C=O) groups excluding carboxylic acids is 3. The first-order valence-electron chi connectivity index (χ1n) is 10.8. The third-order valence-electron chi connectivity index (χ3n) is 4.84. The molecule has 0 spiro atoms. The van der Waals surface area contributed by atoms with Gasteiger partial charge in [0.2, 0.25) is 17.7 Å². The molecule has 33 heavy (non-hydrogen) atoms. The third kappa shape index (κ3) is 9.29. The van der Waals surface area contributed by atoms with E-state index in [9.17, 15) is 24.3 Å². The topological polar surface area (TPSA) is 172 Å². The molecule has 0 saturated carbocycles. The molecule has 1 saturated heterocycles. The van der Waals surface area contributed by atoms with Gasteiger partial charge in [-0.05, 0) is 36.6 Å². The summed E-state index contributed by atoms with van der Waals surface area (Å²) in [6.45, 7) is 2.35. The Morgan fingerprint density at radius 2 is 1.91 bits per heavy atom. The number of hydrogen-bond donors (Lipinski definition) is 6. The Kier molecular flexibility index (Phi) is 10.3. The zero-order valence-corrected chi connectivity index (χ0v) is 18.6. The van der Waals surface area contributed by atoms with Gasteiger partial charge in [-0.2, -0.15) is 0 Å². The lowest BCUT2D eigenvalue weighted by Gasteiger charge is -2.17. The Labute approximate surface area is 192 Å². The van der Waals surface area contributed by atoms with Crippen molar-refractivity contribution >= 4 is 29.4 Å². The van der Waals surface area contributed by atoms with E-state index in [0.29, 0.717) is 29.9 Å². The Balaban J connectivity index is 1.78. The highest BCUT2D eigenvalue weighted by Crippen LogP contribution is 2.13. The standard InChI is InChI=1S/C22H31N5O6/c1-2-4-18(23)27-20(29)6-3-5-19(28)25-15-9-7-14(8-10-15)11-16(22(31)32)26-21(30)17-12-33-13-24-17/h4,7-10,16-17,24H,2-3,5-6,11-13,23H2,1H3,(H,25,28)(H,26,30)(H,27,29)(H,31,32)/b18-4-. The van der Waals surface area contributed by atoms with Crippen LogP contribution in [0.4, 0.5) is 5.69 Å². The van der Waals surface area contributed by atoms with Gasteiger partial charge in [-0.25, -0.2) is 4.79 Å². The van der Waals surface area contributed by atoms with Crippen molar-refractivity contribution in [2.24, 2.45) is 5.73 Å². The molecule has 0 aromatic heterocycles. The number of anilines is 1. The molecule has 1 heterocycles. The molecule has 0 aliphatic carbocycles. The highest BCUT2D eigenvalue weighted by Gasteiger charge is 2.27. The maximum absolute atomic E-state index is 12.1. The average molecular weight is 462 g/mol. The fraction of sp³-hybridized carbons (Fsp3) is 0.455. The molecule has 1 aliphatic heterocycles. The molecular formula is C22H31N5O6. The van der Waals surface area contributed by atoms with Crippen molar-refractivity contribution in [3.05, 3.63) is 41.7 Å². The van der Waals surface area contributed by atoms with Crippen LogP contribution in [0.5, 0.6) is 0 Å². The molecule has 11 nitrogen and oxygen atoms in total. The predicted molar refractivity (Wildman–Crippen MR) is 121 cm³/mol. The van der Waals surface area contributed by atoms with Crippen LogP contribution in [0.3, 0.4) is 0 Å². The number of carbonyl (C=O) groups is 4. The van der Waals surface area contributed by atoms with Crippen LogP contribution in [-0.4, -0.2) is 54.2 Å². The summed E-state index contributed by atoms with van der Waals surface area (Å²) in [6.07, 6.45) is 3.21. The monoisotopic (exact) mass is 461 g/mol. The average Bonchev–Trinajstić information content (AvgIpc) is 3.29. The summed E-state index contributed by atoms with van der Waals surface area (Å²) >= 11 is 0. The minimum atomic E-state index is -1.14. The van der Waals surface area contributed by atoms with Crippen molar-refractivity contribution in [3.8, 4) is 0 Å². The Hall–Kier alpha value is -3.44. The summed E-state index contributed by atoms with van der Waals surface area (Å²) < 4.78 is 5.06.